The molecule has 0 unspecified atom stereocenters. The van der Waals surface area contributed by atoms with Gasteiger partial charge in [0.15, 0.2) is 17.8 Å². The van der Waals surface area contributed by atoms with Crippen LogP contribution in [0.25, 0.3) is 22.7 Å². The van der Waals surface area contributed by atoms with Crippen molar-refractivity contribution in [2.45, 2.75) is 19.8 Å². The Balaban J connectivity index is 1.44. The number of amides is 1. The molecule has 0 aliphatic heterocycles. The normalized spacial score (nSPS) is 11.1. The monoisotopic (exact) mass is 421 g/mol. The van der Waals surface area contributed by atoms with Crippen molar-refractivity contribution in [3.05, 3.63) is 71.4 Å². The highest BCUT2D eigenvalue weighted by Crippen LogP contribution is 2.31. The van der Waals surface area contributed by atoms with Gasteiger partial charge in [-0.15, -0.1) is 0 Å². The molecule has 30 heavy (non-hydrogen) atoms. The Morgan fingerprint density at radius 3 is 2.70 bits per heavy atom. The number of hydrogen-bond acceptors (Lipinski definition) is 5. The molecular formula is C23H20ClN3O3. The number of hydrogen-bond donors (Lipinski definition) is 1. The predicted molar refractivity (Wildman–Crippen MR) is 117 cm³/mol. The minimum Gasteiger partial charge on any atom is -0.484 e. The lowest BCUT2D eigenvalue weighted by Gasteiger charge is -2.10. The van der Waals surface area contributed by atoms with E-state index in [1.807, 2.05) is 24.3 Å². The van der Waals surface area contributed by atoms with Crippen LogP contribution in [0.15, 0.2) is 65.2 Å². The fraction of sp³-hybridized carbons (Fsp3) is 0.174. The number of rotatable bonds is 6. The van der Waals surface area contributed by atoms with Gasteiger partial charge in [-0.3, -0.25) is 4.79 Å². The van der Waals surface area contributed by atoms with E-state index in [0.29, 0.717) is 45.1 Å². The molecule has 0 atom stereocenters. The molecule has 7 heteroatoms. The zero-order chi connectivity index (χ0) is 21.1. The molecule has 0 aliphatic rings. The SMILES string of the molecule is CC(C)c1ccc(OCC(=O)Nc2ccc(Cl)c(-c3nc4ncccc4o3)c2)cc1. The minimum atomic E-state index is -0.282. The van der Waals surface area contributed by atoms with Gasteiger partial charge in [-0.25, -0.2) is 4.98 Å². The van der Waals surface area contributed by atoms with E-state index in [4.69, 9.17) is 20.8 Å². The second kappa shape index (κ2) is 8.55. The predicted octanol–water partition coefficient (Wildman–Crippen LogP) is 5.68. The topological polar surface area (TPSA) is 77.2 Å². The minimum absolute atomic E-state index is 0.105. The first-order valence-corrected chi connectivity index (χ1v) is 9.91. The van der Waals surface area contributed by atoms with Crippen LogP contribution < -0.4 is 10.1 Å². The zero-order valence-electron chi connectivity index (χ0n) is 16.6. The number of carbonyl (C=O) groups is 1. The zero-order valence-corrected chi connectivity index (χ0v) is 17.3. The standard InChI is InChI=1S/C23H20ClN3O3/c1-14(2)15-5-8-17(9-6-15)29-13-21(28)26-16-7-10-19(24)18(12-16)23-27-22-20(30-23)4-3-11-25-22/h3-12,14H,13H2,1-2H3,(H,26,28). The maximum atomic E-state index is 12.3. The molecule has 0 fully saturated rings. The summed E-state index contributed by atoms with van der Waals surface area (Å²) in [6, 6.07) is 16.4. The van der Waals surface area contributed by atoms with Crippen molar-refractivity contribution in [3.63, 3.8) is 0 Å². The quantitative estimate of drug-likeness (QED) is 0.433. The second-order valence-corrected chi connectivity index (χ2v) is 7.51. The third-order valence-electron chi connectivity index (χ3n) is 4.56. The summed E-state index contributed by atoms with van der Waals surface area (Å²) in [4.78, 5) is 20.8. The van der Waals surface area contributed by atoms with E-state index in [0.717, 1.165) is 0 Å². The summed E-state index contributed by atoms with van der Waals surface area (Å²) >= 11 is 6.31. The molecule has 1 amide bonds. The van der Waals surface area contributed by atoms with Crippen LogP contribution in [0.4, 0.5) is 5.69 Å². The third kappa shape index (κ3) is 4.44. The maximum absolute atomic E-state index is 12.3. The van der Waals surface area contributed by atoms with Gasteiger partial charge in [-0.1, -0.05) is 37.6 Å². The molecule has 0 saturated carbocycles. The van der Waals surface area contributed by atoms with E-state index in [1.54, 1.807) is 36.5 Å². The van der Waals surface area contributed by atoms with Gasteiger partial charge in [0.05, 0.1) is 10.6 Å². The molecule has 0 saturated heterocycles. The molecule has 0 spiro atoms. The first-order valence-electron chi connectivity index (χ1n) is 9.53. The van der Waals surface area contributed by atoms with E-state index in [-0.39, 0.29) is 12.5 Å². The Kier molecular flexibility index (Phi) is 5.68. The van der Waals surface area contributed by atoms with Crippen molar-refractivity contribution in [1.82, 2.24) is 9.97 Å². The number of nitrogens with one attached hydrogen (secondary N) is 1. The number of benzene rings is 2. The van der Waals surface area contributed by atoms with Crippen LogP contribution in [0.1, 0.15) is 25.3 Å². The van der Waals surface area contributed by atoms with E-state index in [9.17, 15) is 4.79 Å². The molecule has 0 bridgehead atoms. The molecule has 152 valence electrons. The summed E-state index contributed by atoms with van der Waals surface area (Å²) in [6.07, 6.45) is 1.64. The summed E-state index contributed by atoms with van der Waals surface area (Å²) < 4.78 is 11.3. The van der Waals surface area contributed by atoms with Crippen molar-refractivity contribution in [2.24, 2.45) is 0 Å². The molecule has 2 aromatic heterocycles. The number of nitrogens with zero attached hydrogens (tertiary/aromatic N) is 2. The number of aromatic nitrogens is 2. The van der Waals surface area contributed by atoms with Gasteiger partial charge in [0.2, 0.25) is 5.89 Å². The first-order chi connectivity index (χ1) is 14.5. The molecule has 6 nitrogen and oxygen atoms in total. The molecule has 0 radical (unpaired) electrons. The molecular weight excluding hydrogens is 402 g/mol. The molecule has 1 N–H and O–H groups in total. The average Bonchev–Trinajstić information content (AvgIpc) is 3.18. The number of fused-ring (bicyclic) bond motifs is 1. The Morgan fingerprint density at radius 1 is 1.17 bits per heavy atom. The first kappa shape index (κ1) is 19.9. The van der Waals surface area contributed by atoms with Crippen LogP contribution in [0.5, 0.6) is 5.75 Å². The lowest BCUT2D eigenvalue weighted by atomic mass is 10.0. The van der Waals surface area contributed by atoms with E-state index in [1.165, 1.54) is 5.56 Å². The number of carbonyl (C=O) groups excluding carboxylic acids is 1. The fourth-order valence-corrected chi connectivity index (χ4v) is 3.14. The van der Waals surface area contributed by atoms with Crippen LogP contribution in [0.2, 0.25) is 5.02 Å². The molecule has 2 heterocycles. The Bertz CT molecular complexity index is 1150. The van der Waals surface area contributed by atoms with Gasteiger partial charge in [-0.05, 0) is 53.9 Å². The molecule has 4 aromatic rings. The van der Waals surface area contributed by atoms with E-state index in [2.05, 4.69) is 29.1 Å². The van der Waals surface area contributed by atoms with Gasteiger partial charge in [0, 0.05) is 11.9 Å². The summed E-state index contributed by atoms with van der Waals surface area (Å²) in [5.41, 5.74) is 3.41. The number of pyridine rings is 1. The molecule has 2 aromatic carbocycles. The highest BCUT2D eigenvalue weighted by Gasteiger charge is 2.14. The van der Waals surface area contributed by atoms with Crippen molar-refractivity contribution in [2.75, 3.05) is 11.9 Å². The van der Waals surface area contributed by atoms with Gasteiger partial charge in [0.25, 0.3) is 5.91 Å². The average molecular weight is 422 g/mol. The van der Waals surface area contributed by atoms with E-state index >= 15 is 0 Å². The number of anilines is 1. The lowest BCUT2D eigenvalue weighted by Crippen LogP contribution is -2.20. The number of ether oxygens (including phenoxy) is 1. The van der Waals surface area contributed by atoms with Gasteiger partial charge < -0.3 is 14.5 Å². The lowest BCUT2D eigenvalue weighted by molar-refractivity contribution is -0.118. The van der Waals surface area contributed by atoms with Crippen molar-refractivity contribution >= 4 is 34.4 Å². The molecule has 4 rings (SSSR count). The van der Waals surface area contributed by atoms with Gasteiger partial charge in [0.1, 0.15) is 5.75 Å². The molecule has 0 aliphatic carbocycles. The number of halogens is 1. The Labute approximate surface area is 178 Å². The van der Waals surface area contributed by atoms with Gasteiger partial charge >= 0.3 is 0 Å². The summed E-state index contributed by atoms with van der Waals surface area (Å²) in [7, 11) is 0. The van der Waals surface area contributed by atoms with Crippen LogP contribution >= 0.6 is 11.6 Å². The van der Waals surface area contributed by atoms with Crippen LogP contribution in [-0.2, 0) is 4.79 Å². The second-order valence-electron chi connectivity index (χ2n) is 7.10. The van der Waals surface area contributed by atoms with Crippen LogP contribution in [-0.4, -0.2) is 22.5 Å². The van der Waals surface area contributed by atoms with Crippen molar-refractivity contribution in [3.8, 4) is 17.2 Å². The fourth-order valence-electron chi connectivity index (χ4n) is 2.95. The Hall–Kier alpha value is -3.38. The number of oxazole rings is 1. The third-order valence-corrected chi connectivity index (χ3v) is 4.89. The Morgan fingerprint density at radius 2 is 1.97 bits per heavy atom. The highest BCUT2D eigenvalue weighted by atomic mass is 35.5. The largest absolute Gasteiger partial charge is 0.484 e. The van der Waals surface area contributed by atoms with Crippen LogP contribution in [0.3, 0.4) is 0 Å². The summed E-state index contributed by atoms with van der Waals surface area (Å²) in [6.45, 7) is 4.15. The highest BCUT2D eigenvalue weighted by molar-refractivity contribution is 6.33. The van der Waals surface area contributed by atoms with E-state index < -0.39 is 0 Å². The van der Waals surface area contributed by atoms with Crippen molar-refractivity contribution in [1.29, 1.82) is 0 Å². The smallest absolute Gasteiger partial charge is 0.262 e. The van der Waals surface area contributed by atoms with Crippen LogP contribution in [0, 0.1) is 0 Å². The summed E-state index contributed by atoms with van der Waals surface area (Å²) in [5.74, 6) is 1.14. The van der Waals surface area contributed by atoms with Gasteiger partial charge in [-0.2, -0.15) is 4.98 Å². The summed E-state index contributed by atoms with van der Waals surface area (Å²) in [5, 5.41) is 3.26. The maximum Gasteiger partial charge on any atom is 0.262 e. The van der Waals surface area contributed by atoms with Crippen molar-refractivity contribution < 1.29 is 13.9 Å².